The van der Waals surface area contributed by atoms with Crippen LogP contribution >= 0.6 is 0 Å². The molecule has 2 atom stereocenters. The average molecular weight is 914 g/mol. The van der Waals surface area contributed by atoms with E-state index >= 15 is 13.2 Å². The monoisotopic (exact) mass is 913 g/mol. The van der Waals surface area contributed by atoms with Crippen molar-refractivity contribution in [3.63, 3.8) is 0 Å². The lowest BCUT2D eigenvalue weighted by Crippen LogP contribution is -2.43. The van der Waals surface area contributed by atoms with Crippen molar-refractivity contribution in [3.8, 4) is 33.6 Å². The van der Waals surface area contributed by atoms with Gasteiger partial charge in [-0.25, -0.2) is 9.13 Å². The highest BCUT2D eigenvalue weighted by atomic mass is 19.4. The van der Waals surface area contributed by atoms with E-state index in [1.54, 1.807) is 78.9 Å². The van der Waals surface area contributed by atoms with Crippen LogP contribution in [0.25, 0.3) is 33.6 Å². The highest BCUT2D eigenvalue weighted by Gasteiger charge is 2.56. The van der Waals surface area contributed by atoms with Crippen LogP contribution in [0.3, 0.4) is 0 Å². The zero-order valence-electron chi connectivity index (χ0n) is 40.1. The average Bonchev–Trinajstić information content (AvgIpc) is 3.52. The van der Waals surface area contributed by atoms with E-state index in [0.717, 1.165) is 41.9 Å². The second kappa shape index (κ2) is 19.8. The Morgan fingerprint density at radius 1 is 0.493 bits per heavy atom. The first-order chi connectivity index (χ1) is 31.8. The lowest BCUT2D eigenvalue weighted by Gasteiger charge is -2.37. The van der Waals surface area contributed by atoms with E-state index in [9.17, 15) is 13.2 Å². The van der Waals surface area contributed by atoms with Crippen LogP contribution in [0, 0.1) is 41.5 Å². The molecule has 350 valence electrons. The van der Waals surface area contributed by atoms with E-state index in [1.807, 2.05) is 31.2 Å². The maximum atomic E-state index is 16.3. The van der Waals surface area contributed by atoms with Gasteiger partial charge in [-0.2, -0.15) is 26.3 Å². The molecular formula is C59H63F6N2+. The van der Waals surface area contributed by atoms with Crippen molar-refractivity contribution < 1.29 is 30.9 Å². The molecule has 0 aliphatic rings. The molecule has 2 unspecified atom stereocenters. The highest BCUT2D eigenvalue weighted by molar-refractivity contribution is 5.67. The zero-order chi connectivity index (χ0) is 48.3. The van der Waals surface area contributed by atoms with Crippen LogP contribution in [0.2, 0.25) is 0 Å². The molecule has 8 heteroatoms. The van der Waals surface area contributed by atoms with Crippen molar-refractivity contribution in [3.05, 3.63) is 195 Å². The summed E-state index contributed by atoms with van der Waals surface area (Å²) in [6, 6.07) is 39.6. The van der Waals surface area contributed by atoms with E-state index in [2.05, 4.69) is 62.8 Å². The normalized spacial score (nSPS) is 13.9. The minimum atomic E-state index is -4.66. The van der Waals surface area contributed by atoms with Crippen molar-refractivity contribution in [1.29, 1.82) is 0 Å². The first kappa shape index (κ1) is 49.0. The third-order valence-electron chi connectivity index (χ3n) is 14.3. The molecular weight excluding hydrogens is 851 g/mol. The molecule has 0 fully saturated rings. The molecule has 2 nitrogen and oxygen atoms in total. The fourth-order valence-electron chi connectivity index (χ4n) is 10.2. The largest absolute Gasteiger partial charge is 0.402 e. The number of hydrogen-bond donors (Lipinski definition) is 0. The molecule has 0 aliphatic heterocycles. The molecule has 1 aromatic heterocycles. The smallest absolute Gasteiger partial charge is 0.227 e. The van der Waals surface area contributed by atoms with Gasteiger partial charge in [0, 0.05) is 13.8 Å². The molecule has 7 rings (SSSR count). The van der Waals surface area contributed by atoms with E-state index in [4.69, 9.17) is 0 Å². The Bertz CT molecular complexity index is 2740. The van der Waals surface area contributed by atoms with E-state index in [1.165, 1.54) is 64.8 Å². The first-order valence-electron chi connectivity index (χ1n) is 23.6. The lowest BCUT2D eigenvalue weighted by molar-refractivity contribution is -0.691. The van der Waals surface area contributed by atoms with Gasteiger partial charge in [0.05, 0.1) is 18.7 Å². The molecule has 0 N–H and O–H groups in total. The molecule has 6 aromatic carbocycles. The van der Waals surface area contributed by atoms with Gasteiger partial charge in [-0.1, -0.05) is 170 Å². The van der Waals surface area contributed by atoms with Gasteiger partial charge in [-0.15, -0.1) is 0 Å². The van der Waals surface area contributed by atoms with Gasteiger partial charge in [-0.3, -0.25) is 0 Å². The summed E-state index contributed by atoms with van der Waals surface area (Å²) in [7, 11) is 0. The van der Waals surface area contributed by atoms with Crippen LogP contribution in [0.5, 0.6) is 0 Å². The van der Waals surface area contributed by atoms with Crippen molar-refractivity contribution in [2.24, 2.45) is 0 Å². The Labute approximate surface area is 393 Å². The van der Waals surface area contributed by atoms with Crippen LogP contribution in [-0.4, -0.2) is 16.9 Å². The summed E-state index contributed by atoms with van der Waals surface area (Å²) in [5.74, 6) is 1.16. The molecule has 0 amide bonds. The molecule has 0 radical (unpaired) electrons. The standard InChI is InChI=1S/C59H63F6N2/c1-9-10-36-66-44(6)45(7)67(55(66)54-42(4)38-41(3)39-43(54)5)37-16-12-15-35-57(59(63,64)65,52-31-25-48(26-32-52)46-21-19-40(2)20-22-46)53-33-27-49(28-34-53)47-23-29-51(30-24-47)56(8,58(60,61)62)50-17-13-11-14-18-50/h11,13-14,17-34,38-39H,9-10,12,15-16,35-37H2,1-8H3/q+1. The second-order valence-corrected chi connectivity index (χ2v) is 18.7. The van der Waals surface area contributed by atoms with Crippen LogP contribution in [0.15, 0.2) is 140 Å². The number of unbranched alkanes of at least 4 members (excludes halogenated alkanes) is 3. The number of aromatic nitrogens is 2. The number of rotatable bonds is 16. The number of halogens is 6. The minimum Gasteiger partial charge on any atom is -0.227 e. The number of nitrogens with zero attached hydrogens (tertiary/aromatic N) is 2. The van der Waals surface area contributed by atoms with Crippen LogP contribution in [0.1, 0.15) is 108 Å². The Balaban J connectivity index is 1.21. The fraction of sp³-hybridized carbons (Fsp3) is 0.339. The summed E-state index contributed by atoms with van der Waals surface area (Å²) in [6.45, 7) is 17.7. The summed E-state index contributed by atoms with van der Waals surface area (Å²) in [6.07, 6.45) is -5.67. The Kier molecular flexibility index (Phi) is 14.5. The Hall–Kier alpha value is -5.89. The van der Waals surface area contributed by atoms with Gasteiger partial charge >= 0.3 is 12.4 Å². The third-order valence-corrected chi connectivity index (χ3v) is 14.3. The van der Waals surface area contributed by atoms with E-state index in [-0.39, 0.29) is 28.7 Å². The molecule has 67 heavy (non-hydrogen) atoms. The van der Waals surface area contributed by atoms with Gasteiger partial charge in [0.15, 0.2) is 0 Å². The predicted octanol–water partition coefficient (Wildman–Crippen LogP) is 16.4. The summed E-state index contributed by atoms with van der Waals surface area (Å²) >= 11 is 0. The summed E-state index contributed by atoms with van der Waals surface area (Å²) in [5, 5.41) is 0. The predicted molar refractivity (Wildman–Crippen MR) is 261 cm³/mol. The van der Waals surface area contributed by atoms with Crippen molar-refractivity contribution in [1.82, 2.24) is 4.57 Å². The lowest BCUT2D eigenvalue weighted by atomic mass is 9.70. The van der Waals surface area contributed by atoms with Gasteiger partial charge in [0.1, 0.15) is 22.2 Å². The molecule has 0 saturated heterocycles. The van der Waals surface area contributed by atoms with Crippen LogP contribution < -0.4 is 4.57 Å². The maximum Gasteiger partial charge on any atom is 0.402 e. The van der Waals surface area contributed by atoms with E-state index in [0.29, 0.717) is 36.9 Å². The molecule has 1 heterocycles. The van der Waals surface area contributed by atoms with Gasteiger partial charge in [0.25, 0.3) is 5.82 Å². The van der Waals surface area contributed by atoms with E-state index < -0.39 is 23.2 Å². The van der Waals surface area contributed by atoms with Crippen molar-refractivity contribution in [2.45, 2.75) is 130 Å². The molecule has 0 aliphatic carbocycles. The number of alkyl halides is 6. The highest BCUT2D eigenvalue weighted by Crippen LogP contribution is 2.51. The summed E-state index contributed by atoms with van der Waals surface area (Å²) in [5.41, 5.74) is 7.20. The Morgan fingerprint density at radius 2 is 0.955 bits per heavy atom. The maximum absolute atomic E-state index is 16.3. The summed E-state index contributed by atoms with van der Waals surface area (Å²) < 4.78 is 97.7. The number of aryl methyl sites for hydroxylation is 4. The molecule has 0 spiro atoms. The zero-order valence-corrected chi connectivity index (χ0v) is 40.1. The van der Waals surface area contributed by atoms with Crippen LogP contribution in [0.4, 0.5) is 26.3 Å². The molecule has 0 saturated carbocycles. The summed E-state index contributed by atoms with van der Waals surface area (Å²) in [4.78, 5) is 0. The van der Waals surface area contributed by atoms with Gasteiger partial charge < -0.3 is 0 Å². The van der Waals surface area contributed by atoms with Gasteiger partial charge in [-0.05, 0) is 116 Å². The Morgan fingerprint density at radius 3 is 1.42 bits per heavy atom. The second-order valence-electron chi connectivity index (χ2n) is 18.7. The number of hydrogen-bond acceptors (Lipinski definition) is 0. The quantitative estimate of drug-likeness (QED) is 0.0519. The molecule has 7 aromatic rings. The third kappa shape index (κ3) is 9.64. The SMILES string of the molecule is CCCCn1c(C)c(C)[n+](CCCCCC(c2ccc(-c3ccc(C)cc3)cc2)(c2ccc(-c3ccc(C(C)(c4ccccc4)C(F)(F)F)cc3)cc2)C(F)(F)F)c1-c1c(C)cc(C)cc1C. The minimum absolute atomic E-state index is 0.0751. The van der Waals surface area contributed by atoms with Gasteiger partial charge in [0.2, 0.25) is 0 Å². The number of benzene rings is 6. The van der Waals surface area contributed by atoms with Crippen molar-refractivity contribution >= 4 is 0 Å². The first-order valence-corrected chi connectivity index (χ1v) is 23.6. The topological polar surface area (TPSA) is 8.81 Å². The van der Waals surface area contributed by atoms with Crippen LogP contribution in [-0.2, 0) is 23.9 Å². The molecule has 0 bridgehead atoms. The number of imidazole rings is 1. The van der Waals surface area contributed by atoms with Crippen molar-refractivity contribution in [2.75, 3.05) is 0 Å². The fourth-order valence-corrected chi connectivity index (χ4v) is 10.2.